The molecule has 0 bridgehead atoms. The third kappa shape index (κ3) is 3.50. The number of rotatable bonds is 1. The second kappa shape index (κ2) is 7.14. The van der Waals surface area contributed by atoms with Crippen molar-refractivity contribution in [2.75, 3.05) is 45.1 Å². The van der Waals surface area contributed by atoms with Gasteiger partial charge in [-0.2, -0.15) is 0 Å². The lowest BCUT2D eigenvalue weighted by Gasteiger charge is -2.25. The fourth-order valence-electron chi connectivity index (χ4n) is 3.13. The van der Waals surface area contributed by atoms with Crippen LogP contribution in [0, 0.1) is 0 Å². The summed E-state index contributed by atoms with van der Waals surface area (Å²) in [6.45, 7) is 4.78. The first-order chi connectivity index (χ1) is 9.75. The molecule has 1 N–H and O–H groups in total. The Hall–Kier alpha value is -1.26. The molecule has 1 fully saturated rings. The fraction of sp³-hybridized carbons (Fsp3) is 0.562. The number of hydrogen-bond acceptors (Lipinski definition) is 3. The zero-order chi connectivity index (χ0) is 13.9. The van der Waals surface area contributed by atoms with Crippen molar-refractivity contribution < 1.29 is 4.79 Å². The number of nitrogens with zero attached hydrogens (tertiary/aromatic N) is 2. The van der Waals surface area contributed by atoms with Gasteiger partial charge in [-0.3, -0.25) is 4.79 Å². The molecule has 116 valence electrons. The molecule has 1 aromatic rings. The van der Waals surface area contributed by atoms with Crippen LogP contribution in [0.15, 0.2) is 18.2 Å². The van der Waals surface area contributed by atoms with Gasteiger partial charge in [-0.25, -0.2) is 0 Å². The highest BCUT2D eigenvalue weighted by Crippen LogP contribution is 2.26. The van der Waals surface area contributed by atoms with Crippen LogP contribution in [0.4, 0.5) is 5.69 Å². The average molecular weight is 310 g/mol. The number of carbonyl (C=O) groups is 1. The summed E-state index contributed by atoms with van der Waals surface area (Å²) in [6.07, 6.45) is 3.19. The molecule has 0 aliphatic carbocycles. The summed E-state index contributed by atoms with van der Waals surface area (Å²) < 4.78 is 0. The third-order valence-corrected chi connectivity index (χ3v) is 4.33. The van der Waals surface area contributed by atoms with Gasteiger partial charge < -0.3 is 15.1 Å². The Morgan fingerprint density at radius 2 is 2.00 bits per heavy atom. The molecule has 4 nitrogen and oxygen atoms in total. The fourth-order valence-corrected chi connectivity index (χ4v) is 3.13. The molecule has 3 rings (SSSR count). The van der Waals surface area contributed by atoms with E-state index in [0.717, 1.165) is 63.2 Å². The van der Waals surface area contributed by atoms with E-state index in [1.165, 1.54) is 5.56 Å². The summed E-state index contributed by atoms with van der Waals surface area (Å²) >= 11 is 0. The Labute approximate surface area is 132 Å². The first-order valence-corrected chi connectivity index (χ1v) is 7.59. The maximum Gasteiger partial charge on any atom is 0.254 e. The Kier molecular flexibility index (Phi) is 5.48. The number of fused-ring (bicyclic) bond motifs is 1. The van der Waals surface area contributed by atoms with E-state index in [1.807, 2.05) is 17.0 Å². The number of halogens is 1. The molecule has 21 heavy (non-hydrogen) atoms. The molecule has 1 amide bonds. The summed E-state index contributed by atoms with van der Waals surface area (Å²) in [7, 11) is 2.13. The smallest absolute Gasteiger partial charge is 0.254 e. The monoisotopic (exact) mass is 309 g/mol. The van der Waals surface area contributed by atoms with Crippen molar-refractivity contribution in [1.29, 1.82) is 0 Å². The number of amides is 1. The predicted octanol–water partition coefficient (Wildman–Crippen LogP) is 2.24. The Bertz CT molecular complexity index is 506. The maximum absolute atomic E-state index is 12.8. The maximum atomic E-state index is 12.8. The van der Waals surface area contributed by atoms with Crippen LogP contribution in [0.1, 0.15) is 28.8 Å². The highest BCUT2D eigenvalue weighted by molar-refractivity contribution is 5.97. The number of carbonyl (C=O) groups excluding carboxylic acids is 1. The van der Waals surface area contributed by atoms with Gasteiger partial charge in [0.25, 0.3) is 5.91 Å². The van der Waals surface area contributed by atoms with Gasteiger partial charge in [0.15, 0.2) is 0 Å². The molecule has 1 saturated heterocycles. The van der Waals surface area contributed by atoms with Crippen LogP contribution in [0.2, 0.25) is 0 Å². The Balaban J connectivity index is 0.00000161. The molecule has 0 spiro atoms. The average Bonchev–Trinajstić information content (AvgIpc) is 2.71. The summed E-state index contributed by atoms with van der Waals surface area (Å²) in [5.41, 5.74) is 3.26. The lowest BCUT2D eigenvalue weighted by atomic mass is 9.97. The van der Waals surface area contributed by atoms with Gasteiger partial charge in [0.05, 0.1) is 0 Å². The molecule has 2 aliphatic rings. The normalized spacial score (nSPS) is 19.0. The summed E-state index contributed by atoms with van der Waals surface area (Å²) in [4.78, 5) is 17.1. The highest BCUT2D eigenvalue weighted by atomic mass is 35.5. The van der Waals surface area contributed by atoms with Crippen LogP contribution < -0.4 is 5.32 Å². The largest absolute Gasteiger partial charge is 0.385 e. The van der Waals surface area contributed by atoms with Crippen molar-refractivity contribution in [2.45, 2.75) is 19.3 Å². The molecule has 2 aliphatic heterocycles. The Morgan fingerprint density at radius 1 is 1.14 bits per heavy atom. The molecule has 0 atom stereocenters. The van der Waals surface area contributed by atoms with Crippen LogP contribution in [0.5, 0.6) is 0 Å². The van der Waals surface area contributed by atoms with E-state index in [9.17, 15) is 4.79 Å². The van der Waals surface area contributed by atoms with Crippen LogP contribution >= 0.6 is 12.4 Å². The second-order valence-electron chi connectivity index (χ2n) is 5.81. The number of likely N-dealkylation sites (N-methyl/N-ethyl adjacent to an activating group) is 1. The zero-order valence-corrected chi connectivity index (χ0v) is 13.4. The molecular weight excluding hydrogens is 286 g/mol. The van der Waals surface area contributed by atoms with E-state index in [-0.39, 0.29) is 18.3 Å². The number of benzene rings is 1. The SMILES string of the molecule is CN1CCCN(C(=O)c2cccc3c2CCCN3)CC1.Cl. The van der Waals surface area contributed by atoms with Crippen molar-refractivity contribution in [3.8, 4) is 0 Å². The summed E-state index contributed by atoms with van der Waals surface area (Å²) in [5.74, 6) is 0.209. The van der Waals surface area contributed by atoms with Gasteiger partial charge in [0.1, 0.15) is 0 Å². The second-order valence-corrected chi connectivity index (χ2v) is 5.81. The number of nitrogens with one attached hydrogen (secondary N) is 1. The summed E-state index contributed by atoms with van der Waals surface area (Å²) in [6, 6.07) is 6.07. The first-order valence-electron chi connectivity index (χ1n) is 7.59. The van der Waals surface area contributed by atoms with Crippen LogP contribution in [-0.2, 0) is 6.42 Å². The number of hydrogen-bond donors (Lipinski definition) is 1. The molecule has 0 radical (unpaired) electrons. The van der Waals surface area contributed by atoms with E-state index < -0.39 is 0 Å². The van der Waals surface area contributed by atoms with Crippen molar-refractivity contribution in [3.05, 3.63) is 29.3 Å². The molecule has 0 aromatic heterocycles. The molecule has 0 saturated carbocycles. The quantitative estimate of drug-likeness (QED) is 0.864. The van der Waals surface area contributed by atoms with Crippen molar-refractivity contribution >= 4 is 24.0 Å². The van der Waals surface area contributed by atoms with Crippen LogP contribution in [-0.4, -0.2) is 55.5 Å². The van der Waals surface area contributed by atoms with E-state index in [4.69, 9.17) is 0 Å². The minimum atomic E-state index is 0. The van der Waals surface area contributed by atoms with E-state index in [1.54, 1.807) is 0 Å². The van der Waals surface area contributed by atoms with E-state index in [2.05, 4.69) is 23.3 Å². The van der Waals surface area contributed by atoms with Gasteiger partial charge in [0.2, 0.25) is 0 Å². The van der Waals surface area contributed by atoms with E-state index >= 15 is 0 Å². The first kappa shape index (κ1) is 16.1. The van der Waals surface area contributed by atoms with Gasteiger partial charge in [-0.1, -0.05) is 6.07 Å². The van der Waals surface area contributed by atoms with Gasteiger partial charge in [-0.05, 0) is 50.6 Å². The van der Waals surface area contributed by atoms with Gasteiger partial charge >= 0.3 is 0 Å². The molecular formula is C16H24ClN3O. The molecule has 1 aromatic carbocycles. The van der Waals surface area contributed by atoms with E-state index in [0.29, 0.717) is 0 Å². The van der Waals surface area contributed by atoms with Crippen molar-refractivity contribution in [3.63, 3.8) is 0 Å². The molecule has 2 heterocycles. The minimum absolute atomic E-state index is 0. The van der Waals surface area contributed by atoms with Crippen molar-refractivity contribution in [1.82, 2.24) is 9.80 Å². The van der Waals surface area contributed by atoms with Crippen LogP contribution in [0.25, 0.3) is 0 Å². The lowest BCUT2D eigenvalue weighted by Crippen LogP contribution is -2.35. The minimum Gasteiger partial charge on any atom is -0.385 e. The van der Waals surface area contributed by atoms with Gasteiger partial charge in [0, 0.05) is 37.4 Å². The predicted molar refractivity (Wildman–Crippen MR) is 88.5 cm³/mol. The Morgan fingerprint density at radius 3 is 2.86 bits per heavy atom. The van der Waals surface area contributed by atoms with Crippen molar-refractivity contribution in [2.24, 2.45) is 0 Å². The number of anilines is 1. The van der Waals surface area contributed by atoms with Gasteiger partial charge in [-0.15, -0.1) is 12.4 Å². The molecule has 5 heteroatoms. The third-order valence-electron chi connectivity index (χ3n) is 4.33. The molecule has 0 unspecified atom stereocenters. The topological polar surface area (TPSA) is 35.6 Å². The highest BCUT2D eigenvalue weighted by Gasteiger charge is 2.23. The summed E-state index contributed by atoms with van der Waals surface area (Å²) in [5, 5.41) is 3.40. The standard InChI is InChI=1S/C16H23N3O.ClH/c1-18-9-4-10-19(12-11-18)16(20)14-5-2-7-15-13(14)6-3-8-17-15;/h2,5,7,17H,3-4,6,8-12H2,1H3;1H. The zero-order valence-electron chi connectivity index (χ0n) is 12.6. The lowest BCUT2D eigenvalue weighted by molar-refractivity contribution is 0.0761. The van der Waals surface area contributed by atoms with Crippen LogP contribution in [0.3, 0.4) is 0 Å².